The highest BCUT2D eigenvalue weighted by Crippen LogP contribution is 2.17. The van der Waals surface area contributed by atoms with Gasteiger partial charge in [0.1, 0.15) is 5.75 Å². The maximum absolute atomic E-state index is 11.8. The molecule has 0 N–H and O–H groups in total. The van der Waals surface area contributed by atoms with Gasteiger partial charge in [0.05, 0.1) is 0 Å². The Balaban J connectivity index is 1.93. The summed E-state index contributed by atoms with van der Waals surface area (Å²) in [5.41, 5.74) is 0. The smallest absolute Gasteiger partial charge is 0.410 e. The number of hydrogen-bond donors (Lipinski definition) is 0. The van der Waals surface area contributed by atoms with Gasteiger partial charge in [0.25, 0.3) is 0 Å². The molecule has 16 heavy (non-hydrogen) atoms. The fourth-order valence-electron chi connectivity index (χ4n) is 2.01. The molecule has 1 aliphatic heterocycles. The standard InChI is InChI=1S/C13H17NO2/c1-11-6-5-9-14(10-11)13(15)16-12-7-3-2-4-8-12/h2-4,7-8,11H,5-6,9-10H2,1H3/t11-/m0/s1. The highest BCUT2D eigenvalue weighted by Gasteiger charge is 2.22. The van der Waals surface area contributed by atoms with E-state index in [1.807, 2.05) is 18.2 Å². The number of benzene rings is 1. The number of piperidine rings is 1. The molecule has 3 heteroatoms. The van der Waals surface area contributed by atoms with Crippen molar-refractivity contribution in [2.24, 2.45) is 5.92 Å². The lowest BCUT2D eigenvalue weighted by Crippen LogP contribution is -2.40. The third-order valence-electron chi connectivity index (χ3n) is 2.86. The Kier molecular flexibility index (Phi) is 3.44. The highest BCUT2D eigenvalue weighted by atomic mass is 16.6. The maximum atomic E-state index is 11.8. The normalized spacial score (nSPS) is 20.6. The van der Waals surface area contributed by atoms with Crippen LogP contribution in [0.2, 0.25) is 0 Å². The molecule has 3 nitrogen and oxygen atoms in total. The third kappa shape index (κ3) is 2.75. The number of carbonyl (C=O) groups excluding carboxylic acids is 1. The van der Waals surface area contributed by atoms with Gasteiger partial charge >= 0.3 is 6.09 Å². The van der Waals surface area contributed by atoms with Crippen molar-refractivity contribution in [1.29, 1.82) is 0 Å². The molecule has 1 fully saturated rings. The fourth-order valence-corrected chi connectivity index (χ4v) is 2.01. The van der Waals surface area contributed by atoms with E-state index in [1.165, 1.54) is 6.42 Å². The van der Waals surface area contributed by atoms with E-state index in [0.29, 0.717) is 11.7 Å². The third-order valence-corrected chi connectivity index (χ3v) is 2.86. The molecule has 0 aliphatic carbocycles. The quantitative estimate of drug-likeness (QED) is 0.726. The van der Waals surface area contributed by atoms with Gasteiger partial charge in [0, 0.05) is 13.1 Å². The van der Waals surface area contributed by atoms with Crippen LogP contribution in [0, 0.1) is 5.92 Å². The summed E-state index contributed by atoms with van der Waals surface area (Å²) >= 11 is 0. The Bertz CT molecular complexity index is 350. The molecule has 0 unspecified atom stereocenters. The summed E-state index contributed by atoms with van der Waals surface area (Å²) < 4.78 is 5.29. The van der Waals surface area contributed by atoms with Crippen LogP contribution in [0.5, 0.6) is 5.75 Å². The zero-order valence-corrected chi connectivity index (χ0v) is 9.56. The minimum atomic E-state index is -0.224. The number of carbonyl (C=O) groups is 1. The number of para-hydroxylation sites is 1. The van der Waals surface area contributed by atoms with Gasteiger partial charge in [-0.15, -0.1) is 0 Å². The molecule has 1 aliphatic rings. The molecule has 86 valence electrons. The van der Waals surface area contributed by atoms with Gasteiger partial charge in [-0.1, -0.05) is 25.1 Å². The molecule has 1 aromatic rings. The van der Waals surface area contributed by atoms with Gasteiger partial charge in [-0.2, -0.15) is 0 Å². The van der Waals surface area contributed by atoms with Crippen LogP contribution in [-0.4, -0.2) is 24.1 Å². The number of likely N-dealkylation sites (tertiary alicyclic amines) is 1. The monoisotopic (exact) mass is 219 g/mol. The number of hydrogen-bond acceptors (Lipinski definition) is 2. The molecule has 1 aromatic carbocycles. The van der Waals surface area contributed by atoms with Gasteiger partial charge in [-0.3, -0.25) is 0 Å². The van der Waals surface area contributed by atoms with E-state index < -0.39 is 0 Å². The van der Waals surface area contributed by atoms with E-state index in [0.717, 1.165) is 19.5 Å². The molecular weight excluding hydrogens is 202 g/mol. The van der Waals surface area contributed by atoms with Gasteiger partial charge in [-0.05, 0) is 30.9 Å². The summed E-state index contributed by atoms with van der Waals surface area (Å²) in [5, 5.41) is 0. The Morgan fingerprint density at radius 2 is 2.12 bits per heavy atom. The predicted octanol–water partition coefficient (Wildman–Crippen LogP) is 2.92. The van der Waals surface area contributed by atoms with Crippen LogP contribution in [0.4, 0.5) is 4.79 Å². The lowest BCUT2D eigenvalue weighted by molar-refractivity contribution is 0.129. The largest absolute Gasteiger partial charge is 0.415 e. The van der Waals surface area contributed by atoms with E-state index in [-0.39, 0.29) is 6.09 Å². The maximum Gasteiger partial charge on any atom is 0.415 e. The van der Waals surface area contributed by atoms with Crippen molar-refractivity contribution in [2.45, 2.75) is 19.8 Å². The topological polar surface area (TPSA) is 29.5 Å². The molecule has 0 saturated carbocycles. The first-order valence-corrected chi connectivity index (χ1v) is 5.77. The molecule has 1 heterocycles. The SMILES string of the molecule is C[C@H]1CCCN(C(=O)Oc2ccccc2)C1. The zero-order valence-electron chi connectivity index (χ0n) is 9.56. The molecule has 0 aromatic heterocycles. The Morgan fingerprint density at radius 1 is 1.38 bits per heavy atom. The number of rotatable bonds is 1. The predicted molar refractivity (Wildman–Crippen MR) is 62.4 cm³/mol. The van der Waals surface area contributed by atoms with Gasteiger partial charge in [0.2, 0.25) is 0 Å². The van der Waals surface area contributed by atoms with Crippen molar-refractivity contribution in [1.82, 2.24) is 4.90 Å². The summed E-state index contributed by atoms with van der Waals surface area (Å²) in [6.07, 6.45) is 2.05. The van der Waals surface area contributed by atoms with Crippen molar-refractivity contribution in [2.75, 3.05) is 13.1 Å². The summed E-state index contributed by atoms with van der Waals surface area (Å²) in [5.74, 6) is 1.20. The minimum Gasteiger partial charge on any atom is -0.410 e. The van der Waals surface area contributed by atoms with Crippen LogP contribution in [0.15, 0.2) is 30.3 Å². The second-order valence-corrected chi connectivity index (χ2v) is 4.37. The number of ether oxygens (including phenoxy) is 1. The van der Waals surface area contributed by atoms with Crippen molar-refractivity contribution in [3.05, 3.63) is 30.3 Å². The van der Waals surface area contributed by atoms with E-state index in [4.69, 9.17) is 4.74 Å². The summed E-state index contributed by atoms with van der Waals surface area (Å²) in [4.78, 5) is 13.6. The summed E-state index contributed by atoms with van der Waals surface area (Å²) in [7, 11) is 0. The minimum absolute atomic E-state index is 0.224. The van der Waals surface area contributed by atoms with Crippen LogP contribution in [-0.2, 0) is 0 Å². The zero-order chi connectivity index (χ0) is 11.4. The van der Waals surface area contributed by atoms with Crippen molar-refractivity contribution < 1.29 is 9.53 Å². The molecule has 0 radical (unpaired) electrons. The molecular formula is C13H17NO2. The van der Waals surface area contributed by atoms with Crippen molar-refractivity contribution in [3.8, 4) is 5.75 Å². The van der Waals surface area contributed by atoms with Crippen molar-refractivity contribution in [3.63, 3.8) is 0 Å². The van der Waals surface area contributed by atoms with Crippen LogP contribution in [0.1, 0.15) is 19.8 Å². The van der Waals surface area contributed by atoms with Crippen LogP contribution >= 0.6 is 0 Å². The van der Waals surface area contributed by atoms with E-state index in [1.54, 1.807) is 17.0 Å². The first kappa shape index (κ1) is 11.0. The highest BCUT2D eigenvalue weighted by molar-refractivity contribution is 5.70. The van der Waals surface area contributed by atoms with Gasteiger partial charge in [0.15, 0.2) is 0 Å². The molecule has 1 amide bonds. The Hall–Kier alpha value is -1.51. The fraction of sp³-hybridized carbons (Fsp3) is 0.462. The lowest BCUT2D eigenvalue weighted by atomic mass is 10.0. The van der Waals surface area contributed by atoms with E-state index in [9.17, 15) is 4.79 Å². The van der Waals surface area contributed by atoms with Gasteiger partial charge in [-0.25, -0.2) is 4.79 Å². The van der Waals surface area contributed by atoms with Gasteiger partial charge < -0.3 is 9.64 Å². The second-order valence-electron chi connectivity index (χ2n) is 4.37. The molecule has 2 rings (SSSR count). The molecule has 0 bridgehead atoms. The van der Waals surface area contributed by atoms with Crippen LogP contribution < -0.4 is 4.74 Å². The summed E-state index contributed by atoms with van der Waals surface area (Å²) in [6.45, 7) is 3.80. The lowest BCUT2D eigenvalue weighted by Gasteiger charge is -2.29. The average molecular weight is 219 g/mol. The van der Waals surface area contributed by atoms with Crippen LogP contribution in [0.25, 0.3) is 0 Å². The average Bonchev–Trinajstić information content (AvgIpc) is 2.30. The Morgan fingerprint density at radius 3 is 2.81 bits per heavy atom. The Labute approximate surface area is 96.0 Å². The summed E-state index contributed by atoms with van der Waals surface area (Å²) in [6, 6.07) is 9.22. The van der Waals surface area contributed by atoms with Crippen molar-refractivity contribution >= 4 is 6.09 Å². The second kappa shape index (κ2) is 5.01. The van der Waals surface area contributed by atoms with E-state index in [2.05, 4.69) is 6.92 Å². The number of amides is 1. The number of nitrogens with zero attached hydrogens (tertiary/aromatic N) is 1. The van der Waals surface area contributed by atoms with Crippen LogP contribution in [0.3, 0.4) is 0 Å². The van der Waals surface area contributed by atoms with E-state index >= 15 is 0 Å². The first-order chi connectivity index (χ1) is 7.75. The first-order valence-electron chi connectivity index (χ1n) is 5.77. The molecule has 1 atom stereocenters. The molecule has 1 saturated heterocycles. The molecule has 0 spiro atoms.